The van der Waals surface area contributed by atoms with E-state index in [9.17, 15) is 0 Å². The van der Waals surface area contributed by atoms with Gasteiger partial charge in [0, 0.05) is 14.7 Å². The first-order valence-electron chi connectivity index (χ1n) is 2.45. The molecule has 0 N–H and O–H groups in total. The van der Waals surface area contributed by atoms with Crippen LogP contribution in [0.2, 0.25) is 0 Å². The van der Waals surface area contributed by atoms with E-state index in [0.29, 0.717) is 0 Å². The maximum Gasteiger partial charge on any atom is 0.0618 e. The van der Waals surface area contributed by atoms with Gasteiger partial charge in [-0.1, -0.05) is 0 Å². The van der Waals surface area contributed by atoms with Crippen LogP contribution in [0.1, 0.15) is 4.88 Å². The molecule has 0 aliphatic rings. The summed E-state index contributed by atoms with van der Waals surface area (Å²) in [7, 11) is 0. The van der Waals surface area contributed by atoms with E-state index in [2.05, 4.69) is 59.2 Å². The van der Waals surface area contributed by atoms with E-state index >= 15 is 0 Å². The Morgan fingerprint density at radius 1 is 1.50 bits per heavy atom. The van der Waals surface area contributed by atoms with Crippen LogP contribution in [0.25, 0.3) is 6.08 Å². The van der Waals surface area contributed by atoms with Crippen LogP contribution < -0.4 is 0 Å². The third-order valence-corrected chi connectivity index (χ3v) is 2.94. The van der Waals surface area contributed by atoms with E-state index in [1.54, 1.807) is 11.3 Å². The SMILES string of the molecule is BrC(Br)=Cc1cc(Br)cs1. The summed E-state index contributed by atoms with van der Waals surface area (Å²) in [6, 6.07) is 2.06. The summed E-state index contributed by atoms with van der Waals surface area (Å²) in [5, 5.41) is 2.05. The van der Waals surface area contributed by atoms with Crippen LogP contribution in [0.3, 0.4) is 0 Å². The molecule has 1 aromatic rings. The maximum absolute atomic E-state index is 3.37. The Morgan fingerprint density at radius 3 is 2.60 bits per heavy atom. The Bertz CT molecular complexity index is 247. The highest BCUT2D eigenvalue weighted by Crippen LogP contribution is 2.25. The van der Waals surface area contributed by atoms with Gasteiger partial charge in [-0.25, -0.2) is 0 Å². The number of hydrogen-bond acceptors (Lipinski definition) is 1. The van der Waals surface area contributed by atoms with Crippen LogP contribution in [-0.4, -0.2) is 0 Å². The van der Waals surface area contributed by atoms with Crippen molar-refractivity contribution < 1.29 is 0 Å². The van der Waals surface area contributed by atoms with Gasteiger partial charge in [0.05, 0.1) is 3.39 Å². The molecule has 1 rings (SSSR count). The molecule has 0 aromatic carbocycles. The van der Waals surface area contributed by atoms with E-state index < -0.39 is 0 Å². The largest absolute Gasteiger partial charge is 0.143 e. The minimum absolute atomic E-state index is 0.967. The molecule has 54 valence electrons. The second-order valence-electron chi connectivity index (χ2n) is 1.60. The first-order chi connectivity index (χ1) is 4.68. The standard InChI is InChI=1S/C6H3Br3S/c7-4-1-5(10-3-4)2-6(8)9/h1-3H. The molecule has 0 nitrogen and oxygen atoms in total. The van der Waals surface area contributed by atoms with Crippen molar-refractivity contribution in [1.82, 2.24) is 0 Å². The molecule has 0 bridgehead atoms. The monoisotopic (exact) mass is 344 g/mol. The molecule has 0 radical (unpaired) electrons. The van der Waals surface area contributed by atoms with Crippen molar-refractivity contribution in [3.63, 3.8) is 0 Å². The molecule has 1 heterocycles. The molecule has 0 amide bonds. The number of thiophene rings is 1. The molecular weight excluding hydrogens is 344 g/mol. The van der Waals surface area contributed by atoms with Gasteiger partial charge < -0.3 is 0 Å². The van der Waals surface area contributed by atoms with Crippen molar-refractivity contribution in [3.05, 3.63) is 24.2 Å². The minimum atomic E-state index is 0.967. The van der Waals surface area contributed by atoms with E-state index in [1.165, 1.54) is 4.88 Å². The third kappa shape index (κ3) is 2.86. The molecule has 0 unspecified atom stereocenters. The fraction of sp³-hybridized carbons (Fsp3) is 0. The van der Waals surface area contributed by atoms with Crippen LogP contribution >= 0.6 is 59.1 Å². The number of rotatable bonds is 1. The van der Waals surface area contributed by atoms with Gasteiger partial charge >= 0.3 is 0 Å². The van der Waals surface area contributed by atoms with Crippen LogP contribution in [0.5, 0.6) is 0 Å². The Morgan fingerprint density at radius 2 is 2.20 bits per heavy atom. The van der Waals surface area contributed by atoms with Crippen LogP contribution in [0.4, 0.5) is 0 Å². The highest BCUT2D eigenvalue weighted by molar-refractivity contribution is 9.28. The second kappa shape index (κ2) is 4.04. The molecule has 0 aliphatic carbocycles. The summed E-state index contributed by atoms with van der Waals surface area (Å²) in [5.41, 5.74) is 0. The average Bonchev–Trinajstić information content (AvgIpc) is 2.13. The Balaban J connectivity index is 2.86. The van der Waals surface area contributed by atoms with Crippen molar-refractivity contribution >= 4 is 65.2 Å². The average molecular weight is 347 g/mol. The molecule has 4 heteroatoms. The lowest BCUT2D eigenvalue weighted by Crippen LogP contribution is -1.54. The summed E-state index contributed by atoms with van der Waals surface area (Å²) >= 11 is 11.6. The Hall–Kier alpha value is 0.880. The minimum Gasteiger partial charge on any atom is -0.143 e. The Kier molecular flexibility index (Phi) is 3.63. The fourth-order valence-electron chi connectivity index (χ4n) is 0.512. The quantitative estimate of drug-likeness (QED) is 0.697. The second-order valence-corrected chi connectivity index (χ2v) is 6.23. The lowest BCUT2D eigenvalue weighted by Gasteiger charge is -1.81. The summed E-state index contributed by atoms with van der Waals surface area (Å²) in [6.45, 7) is 0. The molecule has 0 aliphatic heterocycles. The fourth-order valence-corrected chi connectivity index (χ4v) is 2.68. The van der Waals surface area contributed by atoms with Crippen molar-refractivity contribution in [3.8, 4) is 0 Å². The third-order valence-electron chi connectivity index (χ3n) is 0.839. The van der Waals surface area contributed by atoms with Gasteiger partial charge in [-0.2, -0.15) is 0 Å². The van der Waals surface area contributed by atoms with Crippen LogP contribution in [-0.2, 0) is 0 Å². The highest BCUT2D eigenvalue weighted by atomic mass is 79.9. The summed E-state index contributed by atoms with van der Waals surface area (Å²) in [5.74, 6) is 0. The van der Waals surface area contributed by atoms with Gasteiger partial charge in [-0.3, -0.25) is 0 Å². The van der Waals surface area contributed by atoms with E-state index in [0.717, 1.165) is 7.86 Å². The van der Waals surface area contributed by atoms with Crippen molar-refractivity contribution in [1.29, 1.82) is 0 Å². The predicted octanol–water partition coefficient (Wildman–Crippen LogP) is 4.60. The Labute approximate surface area is 88.7 Å². The highest BCUT2D eigenvalue weighted by Gasteiger charge is 1.92. The van der Waals surface area contributed by atoms with E-state index in [4.69, 9.17) is 0 Å². The normalized spacial score (nSPS) is 9.50. The number of hydrogen-bond donors (Lipinski definition) is 0. The molecule has 0 saturated carbocycles. The number of halogens is 3. The van der Waals surface area contributed by atoms with Crippen molar-refractivity contribution in [2.75, 3.05) is 0 Å². The summed E-state index contributed by atoms with van der Waals surface area (Å²) < 4.78 is 2.10. The van der Waals surface area contributed by atoms with Gasteiger partial charge in [-0.05, 0) is 59.9 Å². The lowest BCUT2D eigenvalue weighted by atomic mass is 10.5. The van der Waals surface area contributed by atoms with Crippen molar-refractivity contribution in [2.24, 2.45) is 0 Å². The van der Waals surface area contributed by atoms with E-state index in [-0.39, 0.29) is 0 Å². The van der Waals surface area contributed by atoms with Gasteiger partial charge in [0.2, 0.25) is 0 Å². The molecular formula is C6H3Br3S. The zero-order valence-corrected chi connectivity index (χ0v) is 10.3. The predicted molar refractivity (Wildman–Crippen MR) is 57.9 cm³/mol. The van der Waals surface area contributed by atoms with E-state index in [1.807, 2.05) is 6.08 Å². The van der Waals surface area contributed by atoms with Crippen LogP contribution in [0, 0.1) is 0 Å². The maximum atomic E-state index is 3.37. The molecule has 0 fully saturated rings. The molecule has 10 heavy (non-hydrogen) atoms. The summed E-state index contributed by atoms with van der Waals surface area (Å²) in [6.07, 6.45) is 2.01. The molecule has 1 aromatic heterocycles. The molecule has 0 atom stereocenters. The van der Waals surface area contributed by atoms with Gasteiger partial charge in [0.25, 0.3) is 0 Å². The smallest absolute Gasteiger partial charge is 0.0618 e. The lowest BCUT2D eigenvalue weighted by molar-refractivity contribution is 1.86. The van der Waals surface area contributed by atoms with Gasteiger partial charge in [-0.15, -0.1) is 11.3 Å². The molecule has 0 spiro atoms. The van der Waals surface area contributed by atoms with Gasteiger partial charge in [0.1, 0.15) is 0 Å². The first kappa shape index (κ1) is 8.97. The zero-order valence-electron chi connectivity index (χ0n) is 4.77. The first-order valence-corrected chi connectivity index (χ1v) is 5.71. The summed E-state index contributed by atoms with van der Waals surface area (Å²) in [4.78, 5) is 1.22. The van der Waals surface area contributed by atoms with Crippen LogP contribution in [0.15, 0.2) is 19.3 Å². The van der Waals surface area contributed by atoms with Gasteiger partial charge in [0.15, 0.2) is 0 Å². The topological polar surface area (TPSA) is 0 Å². The molecule has 0 saturated heterocycles. The van der Waals surface area contributed by atoms with Crippen molar-refractivity contribution in [2.45, 2.75) is 0 Å². The zero-order chi connectivity index (χ0) is 7.56.